The lowest BCUT2D eigenvalue weighted by molar-refractivity contribution is 0.249. The van der Waals surface area contributed by atoms with Crippen molar-refractivity contribution in [1.82, 2.24) is 14.9 Å². The van der Waals surface area contributed by atoms with Crippen molar-refractivity contribution in [3.05, 3.63) is 65.6 Å². The third-order valence-corrected chi connectivity index (χ3v) is 4.79. The molecule has 0 amide bonds. The first-order chi connectivity index (χ1) is 11.8. The molecule has 0 saturated carbocycles. The van der Waals surface area contributed by atoms with Gasteiger partial charge in [-0.3, -0.25) is 9.88 Å². The minimum absolute atomic E-state index is 0.584. The largest absolute Gasteiger partial charge is 0.354 e. The third-order valence-electron chi connectivity index (χ3n) is 4.51. The molecule has 1 fully saturated rings. The second-order valence-corrected chi connectivity index (χ2v) is 6.47. The maximum Gasteiger partial charge on any atom is 0.139 e. The van der Waals surface area contributed by atoms with Crippen molar-refractivity contribution < 1.29 is 0 Å². The average molecular weight is 339 g/mol. The minimum atomic E-state index is 0.584. The lowest BCUT2D eigenvalue weighted by Crippen LogP contribution is -2.46. The van der Waals surface area contributed by atoms with Crippen LogP contribution in [0.4, 0.5) is 5.82 Å². The van der Waals surface area contributed by atoms with Gasteiger partial charge < -0.3 is 4.90 Å². The van der Waals surface area contributed by atoms with Crippen LogP contribution in [0.15, 0.2) is 54.9 Å². The van der Waals surface area contributed by atoms with Gasteiger partial charge in [-0.15, -0.1) is 0 Å². The molecule has 122 valence electrons. The SMILES string of the molecule is Clc1nc(N2CCN(Cc3cccnc3)CC2)cc2ccccc12. The Morgan fingerprint density at radius 2 is 1.83 bits per heavy atom. The molecule has 0 spiro atoms. The van der Waals surface area contributed by atoms with Crippen molar-refractivity contribution in [2.24, 2.45) is 0 Å². The van der Waals surface area contributed by atoms with Crippen LogP contribution in [-0.2, 0) is 6.54 Å². The van der Waals surface area contributed by atoms with Crippen molar-refractivity contribution in [1.29, 1.82) is 0 Å². The zero-order chi connectivity index (χ0) is 16.4. The van der Waals surface area contributed by atoms with E-state index in [2.05, 4.69) is 38.0 Å². The fourth-order valence-electron chi connectivity index (χ4n) is 3.19. The van der Waals surface area contributed by atoms with E-state index in [1.165, 1.54) is 5.56 Å². The van der Waals surface area contributed by atoms with E-state index < -0.39 is 0 Å². The highest BCUT2D eigenvalue weighted by atomic mass is 35.5. The number of nitrogens with zero attached hydrogens (tertiary/aromatic N) is 4. The number of hydrogen-bond donors (Lipinski definition) is 0. The van der Waals surface area contributed by atoms with E-state index in [4.69, 9.17) is 11.6 Å². The first kappa shape index (κ1) is 15.4. The van der Waals surface area contributed by atoms with Gasteiger partial charge in [0.2, 0.25) is 0 Å². The topological polar surface area (TPSA) is 32.3 Å². The van der Waals surface area contributed by atoms with Crippen LogP contribution < -0.4 is 4.90 Å². The number of fused-ring (bicyclic) bond motifs is 1. The summed E-state index contributed by atoms with van der Waals surface area (Å²) < 4.78 is 0. The van der Waals surface area contributed by atoms with Gasteiger partial charge in [0.25, 0.3) is 0 Å². The molecule has 0 unspecified atom stereocenters. The molecular formula is C19H19ClN4. The number of rotatable bonds is 3. The van der Waals surface area contributed by atoms with E-state index in [-0.39, 0.29) is 0 Å². The Morgan fingerprint density at radius 3 is 2.62 bits per heavy atom. The molecule has 0 N–H and O–H groups in total. The van der Waals surface area contributed by atoms with Crippen molar-refractivity contribution in [3.8, 4) is 0 Å². The summed E-state index contributed by atoms with van der Waals surface area (Å²) in [5, 5.41) is 2.74. The Hall–Kier alpha value is -2.17. The monoisotopic (exact) mass is 338 g/mol. The summed E-state index contributed by atoms with van der Waals surface area (Å²) in [6, 6.07) is 14.4. The summed E-state index contributed by atoms with van der Waals surface area (Å²) in [6.45, 7) is 4.90. The highest BCUT2D eigenvalue weighted by Crippen LogP contribution is 2.26. The van der Waals surface area contributed by atoms with E-state index in [1.807, 2.05) is 36.7 Å². The van der Waals surface area contributed by atoms with Gasteiger partial charge in [0, 0.05) is 50.5 Å². The fraction of sp³-hybridized carbons (Fsp3) is 0.263. The molecule has 3 heterocycles. The average Bonchev–Trinajstić information content (AvgIpc) is 2.63. The zero-order valence-electron chi connectivity index (χ0n) is 13.4. The lowest BCUT2D eigenvalue weighted by Gasteiger charge is -2.35. The van der Waals surface area contributed by atoms with Crippen LogP contribution in [0.25, 0.3) is 10.8 Å². The summed E-state index contributed by atoms with van der Waals surface area (Å²) in [6.07, 6.45) is 3.76. The molecule has 1 saturated heterocycles. The standard InChI is InChI=1S/C19H19ClN4/c20-19-17-6-2-1-5-16(17)12-18(22-19)24-10-8-23(9-11-24)14-15-4-3-7-21-13-15/h1-7,12-13H,8-11,14H2. The Kier molecular flexibility index (Phi) is 4.32. The molecule has 0 atom stereocenters. The molecule has 3 aromatic rings. The Labute approximate surface area is 146 Å². The number of aromatic nitrogens is 2. The van der Waals surface area contributed by atoms with Crippen molar-refractivity contribution in [2.75, 3.05) is 31.1 Å². The van der Waals surface area contributed by atoms with E-state index in [0.717, 1.165) is 49.3 Å². The highest BCUT2D eigenvalue weighted by molar-refractivity contribution is 6.34. The Morgan fingerprint density at radius 1 is 1.00 bits per heavy atom. The van der Waals surface area contributed by atoms with E-state index in [0.29, 0.717) is 5.15 Å². The number of anilines is 1. The maximum absolute atomic E-state index is 6.36. The van der Waals surface area contributed by atoms with Gasteiger partial charge in [-0.2, -0.15) is 0 Å². The van der Waals surface area contributed by atoms with Gasteiger partial charge in [0.1, 0.15) is 11.0 Å². The molecule has 1 aliphatic heterocycles. The first-order valence-corrected chi connectivity index (χ1v) is 8.59. The molecule has 4 rings (SSSR count). The molecule has 24 heavy (non-hydrogen) atoms. The van der Waals surface area contributed by atoms with Gasteiger partial charge in [0.05, 0.1) is 0 Å². The first-order valence-electron chi connectivity index (χ1n) is 8.21. The predicted molar refractivity (Wildman–Crippen MR) is 98.5 cm³/mol. The van der Waals surface area contributed by atoms with Crippen LogP contribution in [0.2, 0.25) is 5.15 Å². The van der Waals surface area contributed by atoms with Gasteiger partial charge in [-0.25, -0.2) is 4.98 Å². The lowest BCUT2D eigenvalue weighted by atomic mass is 10.1. The summed E-state index contributed by atoms with van der Waals surface area (Å²) in [5.41, 5.74) is 1.26. The predicted octanol–water partition coefficient (Wildman–Crippen LogP) is 3.61. The van der Waals surface area contributed by atoms with Gasteiger partial charge in [0.15, 0.2) is 0 Å². The van der Waals surface area contributed by atoms with Crippen LogP contribution in [-0.4, -0.2) is 41.0 Å². The van der Waals surface area contributed by atoms with E-state index in [9.17, 15) is 0 Å². The van der Waals surface area contributed by atoms with Gasteiger partial charge in [-0.05, 0) is 23.1 Å². The van der Waals surface area contributed by atoms with Crippen LogP contribution in [0.1, 0.15) is 5.56 Å². The Balaban J connectivity index is 1.46. The zero-order valence-corrected chi connectivity index (χ0v) is 14.2. The van der Waals surface area contributed by atoms with E-state index in [1.54, 1.807) is 0 Å². The molecule has 0 aliphatic carbocycles. The molecule has 5 heteroatoms. The second kappa shape index (κ2) is 6.75. The van der Waals surface area contributed by atoms with Gasteiger partial charge in [-0.1, -0.05) is 41.9 Å². The fourth-order valence-corrected chi connectivity index (χ4v) is 3.45. The van der Waals surface area contributed by atoms with Crippen LogP contribution in [0.3, 0.4) is 0 Å². The van der Waals surface area contributed by atoms with Crippen molar-refractivity contribution in [2.45, 2.75) is 6.54 Å². The van der Waals surface area contributed by atoms with Gasteiger partial charge >= 0.3 is 0 Å². The summed E-state index contributed by atoms with van der Waals surface area (Å²) in [4.78, 5) is 13.6. The van der Waals surface area contributed by atoms with Crippen LogP contribution >= 0.6 is 11.6 Å². The van der Waals surface area contributed by atoms with Crippen molar-refractivity contribution in [3.63, 3.8) is 0 Å². The molecule has 0 radical (unpaired) electrons. The Bertz CT molecular complexity index is 829. The highest BCUT2D eigenvalue weighted by Gasteiger charge is 2.19. The number of pyridine rings is 2. The molecule has 1 aliphatic rings. The summed E-state index contributed by atoms with van der Waals surface area (Å²) in [5.74, 6) is 0.972. The molecular weight excluding hydrogens is 320 g/mol. The quantitative estimate of drug-likeness (QED) is 0.683. The second-order valence-electron chi connectivity index (χ2n) is 6.12. The smallest absolute Gasteiger partial charge is 0.139 e. The number of benzene rings is 1. The maximum atomic E-state index is 6.36. The summed E-state index contributed by atoms with van der Waals surface area (Å²) >= 11 is 6.36. The third kappa shape index (κ3) is 3.21. The number of halogens is 1. The minimum Gasteiger partial charge on any atom is -0.354 e. The normalized spacial score (nSPS) is 15.8. The molecule has 1 aromatic carbocycles. The molecule has 0 bridgehead atoms. The number of hydrogen-bond acceptors (Lipinski definition) is 4. The van der Waals surface area contributed by atoms with E-state index >= 15 is 0 Å². The molecule has 2 aromatic heterocycles. The number of piperazine rings is 1. The van der Waals surface area contributed by atoms with Crippen LogP contribution in [0, 0.1) is 0 Å². The van der Waals surface area contributed by atoms with Crippen LogP contribution in [0.5, 0.6) is 0 Å². The summed E-state index contributed by atoms with van der Waals surface area (Å²) in [7, 11) is 0. The molecule has 4 nitrogen and oxygen atoms in total. The van der Waals surface area contributed by atoms with Crippen molar-refractivity contribution >= 4 is 28.2 Å².